The molecule has 1 heterocycles. The molecule has 1 aromatic rings. The molecule has 4 heteroatoms. The molecule has 1 aliphatic rings. The smallest absolute Gasteiger partial charge is 0.0608 e. The maximum atomic E-state index is 5.85. The second-order valence-corrected chi connectivity index (χ2v) is 5.44. The predicted octanol–water partition coefficient (Wildman–Crippen LogP) is 2.91. The number of halogens is 1. The molecular weight excluding hydrogens is 292 g/mol. The molecule has 2 N–H and O–H groups in total. The van der Waals surface area contributed by atoms with Gasteiger partial charge in [0.15, 0.2) is 0 Å². The van der Waals surface area contributed by atoms with Crippen LogP contribution >= 0.6 is 15.9 Å². The van der Waals surface area contributed by atoms with Gasteiger partial charge in [0.25, 0.3) is 0 Å². The maximum absolute atomic E-state index is 5.85. The van der Waals surface area contributed by atoms with Crippen LogP contribution in [0.5, 0.6) is 0 Å². The summed E-state index contributed by atoms with van der Waals surface area (Å²) in [6.07, 6.45) is 2.63. The number of rotatable bonds is 4. The van der Waals surface area contributed by atoms with Gasteiger partial charge in [-0.3, -0.25) is 0 Å². The van der Waals surface area contributed by atoms with Crippen LogP contribution < -0.4 is 10.6 Å². The van der Waals surface area contributed by atoms with E-state index in [0.29, 0.717) is 12.6 Å². The summed E-state index contributed by atoms with van der Waals surface area (Å²) in [5, 5.41) is 0. The minimum absolute atomic E-state index is 0.430. The van der Waals surface area contributed by atoms with E-state index in [4.69, 9.17) is 10.5 Å². The summed E-state index contributed by atoms with van der Waals surface area (Å²) in [6, 6.07) is 6.29. The van der Waals surface area contributed by atoms with Crippen molar-refractivity contribution in [3.05, 3.63) is 28.2 Å². The van der Waals surface area contributed by atoms with Gasteiger partial charge in [-0.05, 0) is 31.9 Å². The molecule has 1 aromatic carbocycles. The van der Waals surface area contributed by atoms with Crippen molar-refractivity contribution in [3.63, 3.8) is 0 Å². The van der Waals surface area contributed by atoms with Gasteiger partial charge < -0.3 is 15.4 Å². The summed E-state index contributed by atoms with van der Waals surface area (Å²) in [5.74, 6) is 0. The molecule has 1 saturated heterocycles. The van der Waals surface area contributed by atoms with Crippen LogP contribution in [0.4, 0.5) is 5.69 Å². The molecule has 0 aliphatic carbocycles. The monoisotopic (exact) mass is 312 g/mol. The SMILES string of the molecule is CCOC1CCN(c2cccc(Br)c2CN)CC1. The van der Waals surface area contributed by atoms with Gasteiger partial charge in [-0.15, -0.1) is 0 Å². The molecule has 0 radical (unpaired) electrons. The highest BCUT2D eigenvalue weighted by Crippen LogP contribution is 2.29. The molecule has 100 valence electrons. The van der Waals surface area contributed by atoms with Crippen molar-refractivity contribution >= 4 is 21.6 Å². The molecular formula is C14H21BrN2O. The van der Waals surface area contributed by atoms with Crippen LogP contribution in [0, 0.1) is 0 Å². The third-order valence-electron chi connectivity index (χ3n) is 3.48. The number of hydrogen-bond donors (Lipinski definition) is 1. The highest BCUT2D eigenvalue weighted by atomic mass is 79.9. The Hall–Kier alpha value is -0.580. The van der Waals surface area contributed by atoms with Gasteiger partial charge in [0.2, 0.25) is 0 Å². The molecule has 1 fully saturated rings. The number of ether oxygens (including phenoxy) is 1. The number of piperidine rings is 1. The van der Waals surface area contributed by atoms with E-state index < -0.39 is 0 Å². The molecule has 0 aromatic heterocycles. The van der Waals surface area contributed by atoms with Crippen LogP contribution in [0.1, 0.15) is 25.3 Å². The maximum Gasteiger partial charge on any atom is 0.0608 e. The average molecular weight is 313 g/mol. The lowest BCUT2D eigenvalue weighted by Crippen LogP contribution is -2.37. The van der Waals surface area contributed by atoms with Gasteiger partial charge in [-0.1, -0.05) is 22.0 Å². The normalized spacial score (nSPS) is 17.2. The Bertz CT molecular complexity index is 389. The summed E-state index contributed by atoms with van der Waals surface area (Å²) in [6.45, 7) is 5.55. The zero-order chi connectivity index (χ0) is 13.0. The fourth-order valence-electron chi connectivity index (χ4n) is 2.54. The van der Waals surface area contributed by atoms with Crippen LogP contribution in [0.3, 0.4) is 0 Å². The second kappa shape index (κ2) is 6.55. The molecule has 0 bridgehead atoms. The van der Waals surface area contributed by atoms with Crippen LogP contribution in [0.25, 0.3) is 0 Å². The third kappa shape index (κ3) is 3.05. The quantitative estimate of drug-likeness (QED) is 0.929. The Morgan fingerprint density at radius 3 is 2.72 bits per heavy atom. The second-order valence-electron chi connectivity index (χ2n) is 4.58. The number of hydrogen-bond acceptors (Lipinski definition) is 3. The summed E-state index contributed by atoms with van der Waals surface area (Å²) < 4.78 is 6.79. The zero-order valence-corrected chi connectivity index (χ0v) is 12.4. The van der Waals surface area contributed by atoms with E-state index in [0.717, 1.165) is 37.0 Å². The standard InChI is InChI=1S/C14H21BrN2O/c1-2-18-11-6-8-17(9-7-11)14-5-3-4-13(15)12(14)10-16/h3-5,11H,2,6-10,16H2,1H3. The molecule has 2 rings (SSSR count). The number of anilines is 1. The molecule has 3 nitrogen and oxygen atoms in total. The van der Waals surface area contributed by atoms with Gasteiger partial charge in [0.05, 0.1) is 6.10 Å². The Kier molecular flexibility index (Phi) is 5.03. The Morgan fingerprint density at radius 1 is 1.39 bits per heavy atom. The van der Waals surface area contributed by atoms with E-state index in [1.807, 2.05) is 0 Å². The topological polar surface area (TPSA) is 38.5 Å². The average Bonchev–Trinajstić information content (AvgIpc) is 2.40. The number of nitrogens with zero attached hydrogens (tertiary/aromatic N) is 1. The van der Waals surface area contributed by atoms with E-state index in [1.54, 1.807) is 0 Å². The summed E-state index contributed by atoms with van der Waals surface area (Å²) in [5.41, 5.74) is 8.32. The molecule has 0 saturated carbocycles. The van der Waals surface area contributed by atoms with Gasteiger partial charge in [-0.25, -0.2) is 0 Å². The fraction of sp³-hybridized carbons (Fsp3) is 0.571. The largest absolute Gasteiger partial charge is 0.378 e. The summed E-state index contributed by atoms with van der Waals surface area (Å²) in [7, 11) is 0. The van der Waals surface area contributed by atoms with Crippen LogP contribution in [-0.4, -0.2) is 25.8 Å². The highest BCUT2D eigenvalue weighted by Gasteiger charge is 2.21. The Labute approximate surface area is 117 Å². The predicted molar refractivity (Wildman–Crippen MR) is 78.9 cm³/mol. The molecule has 0 unspecified atom stereocenters. The lowest BCUT2D eigenvalue weighted by atomic mass is 10.0. The summed E-state index contributed by atoms with van der Waals surface area (Å²) in [4.78, 5) is 2.42. The van der Waals surface area contributed by atoms with E-state index in [9.17, 15) is 0 Å². The number of benzene rings is 1. The molecule has 18 heavy (non-hydrogen) atoms. The first-order chi connectivity index (χ1) is 8.76. The first kappa shape index (κ1) is 13.8. The molecule has 0 spiro atoms. The zero-order valence-electron chi connectivity index (χ0n) is 10.9. The molecule has 1 aliphatic heterocycles. The highest BCUT2D eigenvalue weighted by molar-refractivity contribution is 9.10. The van der Waals surface area contributed by atoms with Crippen molar-refractivity contribution < 1.29 is 4.74 Å². The minimum Gasteiger partial charge on any atom is -0.378 e. The number of nitrogens with two attached hydrogens (primary N) is 1. The Morgan fingerprint density at radius 2 is 2.11 bits per heavy atom. The van der Waals surface area contributed by atoms with Crippen LogP contribution in [-0.2, 0) is 11.3 Å². The van der Waals surface area contributed by atoms with E-state index >= 15 is 0 Å². The van der Waals surface area contributed by atoms with Crippen molar-refractivity contribution in [2.45, 2.75) is 32.4 Å². The van der Waals surface area contributed by atoms with E-state index in [-0.39, 0.29) is 0 Å². The Balaban J connectivity index is 2.07. The lowest BCUT2D eigenvalue weighted by Gasteiger charge is -2.34. The van der Waals surface area contributed by atoms with Crippen LogP contribution in [0.15, 0.2) is 22.7 Å². The van der Waals surface area contributed by atoms with Crippen molar-refractivity contribution in [1.82, 2.24) is 0 Å². The third-order valence-corrected chi connectivity index (χ3v) is 4.23. The van der Waals surface area contributed by atoms with Crippen molar-refractivity contribution in [1.29, 1.82) is 0 Å². The first-order valence-corrected chi connectivity index (χ1v) is 7.39. The molecule has 0 atom stereocenters. The van der Waals surface area contributed by atoms with Crippen molar-refractivity contribution in [3.8, 4) is 0 Å². The van der Waals surface area contributed by atoms with Crippen molar-refractivity contribution in [2.75, 3.05) is 24.6 Å². The fourth-order valence-corrected chi connectivity index (χ4v) is 3.06. The molecule has 0 amide bonds. The minimum atomic E-state index is 0.430. The van der Waals surface area contributed by atoms with Gasteiger partial charge in [-0.2, -0.15) is 0 Å². The van der Waals surface area contributed by atoms with Crippen LogP contribution in [0.2, 0.25) is 0 Å². The van der Waals surface area contributed by atoms with Gasteiger partial charge in [0.1, 0.15) is 0 Å². The van der Waals surface area contributed by atoms with E-state index in [1.165, 1.54) is 11.3 Å². The van der Waals surface area contributed by atoms with Gasteiger partial charge in [0, 0.05) is 42.0 Å². The van der Waals surface area contributed by atoms with E-state index in [2.05, 4.69) is 46.0 Å². The van der Waals surface area contributed by atoms with Gasteiger partial charge >= 0.3 is 0 Å². The lowest BCUT2D eigenvalue weighted by molar-refractivity contribution is 0.0459. The summed E-state index contributed by atoms with van der Waals surface area (Å²) >= 11 is 3.58. The van der Waals surface area contributed by atoms with Crippen molar-refractivity contribution in [2.24, 2.45) is 5.73 Å². The first-order valence-electron chi connectivity index (χ1n) is 6.60.